The summed E-state index contributed by atoms with van der Waals surface area (Å²) in [6, 6.07) is 11.0. The molecule has 2 rings (SSSR count). The van der Waals surface area contributed by atoms with Crippen LogP contribution in [0.1, 0.15) is 15.9 Å². The number of nitrogens with one attached hydrogen (secondary N) is 1. The average molecular weight is 393 g/mol. The van der Waals surface area contributed by atoms with E-state index in [0.717, 1.165) is 11.6 Å². The molecule has 0 bridgehead atoms. The first kappa shape index (κ1) is 17.6. The first-order chi connectivity index (χ1) is 11.4. The van der Waals surface area contributed by atoms with Gasteiger partial charge >= 0.3 is 5.97 Å². The lowest BCUT2D eigenvalue weighted by Gasteiger charge is -2.07. The first-order valence-corrected chi connectivity index (χ1v) is 7.63. The molecule has 1 N–H and O–H groups in total. The molecule has 0 saturated carbocycles. The highest BCUT2D eigenvalue weighted by atomic mass is 79.9. The van der Waals surface area contributed by atoms with E-state index >= 15 is 0 Å². The number of ether oxygens (including phenoxy) is 1. The molecule has 1 amide bonds. The second-order valence-corrected chi connectivity index (χ2v) is 5.77. The molecule has 7 nitrogen and oxygen atoms in total. The molecule has 0 fully saturated rings. The monoisotopic (exact) mass is 392 g/mol. The summed E-state index contributed by atoms with van der Waals surface area (Å²) in [5.41, 5.74) is 1.31. The standard InChI is InChI=1S/C16H13BrN2O5/c1-10-3-2-4-12(7-10)18-15(20)9-24-16(21)11-5-6-13(17)14(8-11)19(22)23/h2-8H,9H2,1H3,(H,18,20). The van der Waals surface area contributed by atoms with E-state index in [1.807, 2.05) is 13.0 Å². The van der Waals surface area contributed by atoms with Crippen LogP contribution >= 0.6 is 15.9 Å². The molecule has 0 atom stereocenters. The van der Waals surface area contributed by atoms with Gasteiger partial charge in [0.05, 0.1) is 15.0 Å². The minimum atomic E-state index is -0.815. The van der Waals surface area contributed by atoms with Crippen LogP contribution in [-0.4, -0.2) is 23.4 Å². The molecule has 0 saturated heterocycles. The van der Waals surface area contributed by atoms with Gasteiger partial charge in [0.25, 0.3) is 11.6 Å². The van der Waals surface area contributed by atoms with Crippen LogP contribution in [0, 0.1) is 17.0 Å². The predicted octanol–water partition coefficient (Wildman–Crippen LogP) is 3.46. The van der Waals surface area contributed by atoms with Gasteiger partial charge < -0.3 is 10.1 Å². The van der Waals surface area contributed by atoms with Crippen LogP contribution in [0.25, 0.3) is 0 Å². The quantitative estimate of drug-likeness (QED) is 0.477. The number of rotatable bonds is 5. The Bertz CT molecular complexity index is 807. The van der Waals surface area contributed by atoms with Crippen LogP contribution in [-0.2, 0) is 9.53 Å². The van der Waals surface area contributed by atoms with Gasteiger partial charge in [0.2, 0.25) is 0 Å². The summed E-state index contributed by atoms with van der Waals surface area (Å²) in [6.45, 7) is 1.40. The summed E-state index contributed by atoms with van der Waals surface area (Å²) in [4.78, 5) is 33.9. The van der Waals surface area contributed by atoms with E-state index in [1.54, 1.807) is 18.2 Å². The minimum absolute atomic E-state index is 0.00624. The number of nitrogens with zero attached hydrogens (tertiary/aromatic N) is 1. The van der Waals surface area contributed by atoms with E-state index in [9.17, 15) is 19.7 Å². The second kappa shape index (κ2) is 7.69. The number of nitro groups is 1. The van der Waals surface area contributed by atoms with Gasteiger partial charge in [-0.15, -0.1) is 0 Å². The Labute approximate surface area is 145 Å². The van der Waals surface area contributed by atoms with Crippen molar-refractivity contribution in [1.82, 2.24) is 0 Å². The van der Waals surface area contributed by atoms with Gasteiger partial charge in [0, 0.05) is 11.8 Å². The maximum atomic E-state index is 11.9. The molecular formula is C16H13BrN2O5. The van der Waals surface area contributed by atoms with Crippen LogP contribution in [0.2, 0.25) is 0 Å². The van der Waals surface area contributed by atoms with Crippen LogP contribution in [0.3, 0.4) is 0 Å². The fraction of sp³-hybridized carbons (Fsp3) is 0.125. The number of benzene rings is 2. The van der Waals surface area contributed by atoms with Gasteiger partial charge in [-0.05, 0) is 52.7 Å². The number of esters is 1. The van der Waals surface area contributed by atoms with Crippen molar-refractivity contribution in [3.63, 3.8) is 0 Å². The zero-order valence-electron chi connectivity index (χ0n) is 12.6. The number of hydrogen-bond acceptors (Lipinski definition) is 5. The molecule has 0 aromatic heterocycles. The zero-order valence-corrected chi connectivity index (χ0v) is 14.2. The fourth-order valence-corrected chi connectivity index (χ4v) is 2.31. The lowest BCUT2D eigenvalue weighted by Crippen LogP contribution is -2.21. The summed E-state index contributed by atoms with van der Waals surface area (Å²) in [7, 11) is 0. The summed E-state index contributed by atoms with van der Waals surface area (Å²) >= 11 is 3.03. The molecule has 0 radical (unpaired) electrons. The van der Waals surface area contributed by atoms with E-state index in [4.69, 9.17) is 4.74 Å². The number of amides is 1. The third kappa shape index (κ3) is 4.63. The maximum absolute atomic E-state index is 11.9. The smallest absolute Gasteiger partial charge is 0.338 e. The highest BCUT2D eigenvalue weighted by Crippen LogP contribution is 2.25. The largest absolute Gasteiger partial charge is 0.452 e. The lowest BCUT2D eigenvalue weighted by molar-refractivity contribution is -0.385. The highest BCUT2D eigenvalue weighted by molar-refractivity contribution is 9.10. The van der Waals surface area contributed by atoms with Gasteiger partial charge in [-0.2, -0.15) is 0 Å². The van der Waals surface area contributed by atoms with Gasteiger partial charge in [-0.25, -0.2) is 4.79 Å². The van der Waals surface area contributed by atoms with E-state index in [0.29, 0.717) is 5.69 Å². The maximum Gasteiger partial charge on any atom is 0.338 e. The van der Waals surface area contributed by atoms with Gasteiger partial charge in [-0.3, -0.25) is 14.9 Å². The normalized spacial score (nSPS) is 10.1. The molecule has 0 unspecified atom stereocenters. The van der Waals surface area contributed by atoms with E-state index in [-0.39, 0.29) is 15.7 Å². The first-order valence-electron chi connectivity index (χ1n) is 6.84. The predicted molar refractivity (Wildman–Crippen MR) is 90.9 cm³/mol. The Morgan fingerprint density at radius 1 is 1.25 bits per heavy atom. The van der Waals surface area contributed by atoms with Gasteiger partial charge in [-0.1, -0.05) is 12.1 Å². The van der Waals surface area contributed by atoms with Gasteiger partial charge in [0.15, 0.2) is 6.61 Å². The number of hydrogen-bond donors (Lipinski definition) is 1. The van der Waals surface area contributed by atoms with Crippen LogP contribution in [0.15, 0.2) is 46.9 Å². The van der Waals surface area contributed by atoms with Crippen molar-refractivity contribution in [1.29, 1.82) is 0 Å². The van der Waals surface area contributed by atoms with Crippen LogP contribution < -0.4 is 5.32 Å². The number of carbonyl (C=O) groups excluding carboxylic acids is 2. The molecule has 0 heterocycles. The molecule has 24 heavy (non-hydrogen) atoms. The van der Waals surface area contributed by atoms with Crippen molar-refractivity contribution in [3.05, 3.63) is 68.2 Å². The molecule has 0 aliphatic rings. The van der Waals surface area contributed by atoms with Crippen molar-refractivity contribution >= 4 is 39.2 Å². The summed E-state index contributed by atoms with van der Waals surface area (Å²) in [5.74, 6) is -1.31. The highest BCUT2D eigenvalue weighted by Gasteiger charge is 2.17. The van der Waals surface area contributed by atoms with E-state index < -0.39 is 23.4 Å². The third-order valence-corrected chi connectivity index (χ3v) is 3.69. The Kier molecular flexibility index (Phi) is 5.64. The number of aryl methyl sites for hydroxylation is 1. The Balaban J connectivity index is 1.96. The molecule has 0 spiro atoms. The van der Waals surface area contributed by atoms with Crippen LogP contribution in [0.5, 0.6) is 0 Å². The summed E-state index contributed by atoms with van der Waals surface area (Å²) in [5, 5.41) is 13.4. The molecule has 2 aromatic rings. The summed E-state index contributed by atoms with van der Waals surface area (Å²) < 4.78 is 5.13. The summed E-state index contributed by atoms with van der Waals surface area (Å²) in [6.07, 6.45) is 0. The lowest BCUT2D eigenvalue weighted by atomic mass is 10.2. The molecule has 0 aliphatic heterocycles. The molecule has 8 heteroatoms. The van der Waals surface area contributed by atoms with Crippen molar-refractivity contribution < 1.29 is 19.2 Å². The molecule has 2 aromatic carbocycles. The SMILES string of the molecule is Cc1cccc(NC(=O)COC(=O)c2ccc(Br)c([N+](=O)[O-])c2)c1. The zero-order chi connectivity index (χ0) is 17.7. The molecular weight excluding hydrogens is 380 g/mol. The van der Waals surface area contributed by atoms with Crippen molar-refractivity contribution in [2.75, 3.05) is 11.9 Å². The Hall–Kier alpha value is -2.74. The number of halogens is 1. The topological polar surface area (TPSA) is 98.5 Å². The van der Waals surface area contributed by atoms with E-state index in [2.05, 4.69) is 21.2 Å². The van der Waals surface area contributed by atoms with Crippen LogP contribution in [0.4, 0.5) is 11.4 Å². The van der Waals surface area contributed by atoms with Crippen molar-refractivity contribution in [3.8, 4) is 0 Å². The third-order valence-electron chi connectivity index (χ3n) is 3.01. The van der Waals surface area contributed by atoms with Crippen molar-refractivity contribution in [2.45, 2.75) is 6.92 Å². The van der Waals surface area contributed by atoms with E-state index in [1.165, 1.54) is 12.1 Å². The minimum Gasteiger partial charge on any atom is -0.452 e. The Morgan fingerprint density at radius 3 is 2.67 bits per heavy atom. The molecule has 124 valence electrons. The number of anilines is 1. The number of carbonyl (C=O) groups is 2. The van der Waals surface area contributed by atoms with Gasteiger partial charge in [0.1, 0.15) is 0 Å². The Morgan fingerprint density at radius 2 is 2.00 bits per heavy atom. The molecule has 0 aliphatic carbocycles. The number of nitro benzene ring substituents is 1. The second-order valence-electron chi connectivity index (χ2n) is 4.92. The van der Waals surface area contributed by atoms with Crippen molar-refractivity contribution in [2.24, 2.45) is 0 Å². The fourth-order valence-electron chi connectivity index (χ4n) is 1.91. The average Bonchev–Trinajstić information content (AvgIpc) is 2.52.